The number of benzene rings is 4. The second-order valence-corrected chi connectivity index (χ2v) is 11.2. The highest BCUT2D eigenvalue weighted by Crippen LogP contribution is 2.41. The van der Waals surface area contributed by atoms with Crippen LogP contribution in [0.2, 0.25) is 0 Å². The molecule has 4 aromatic rings. The van der Waals surface area contributed by atoms with Gasteiger partial charge in [0.25, 0.3) is 5.91 Å². The van der Waals surface area contributed by atoms with Crippen molar-refractivity contribution in [3.05, 3.63) is 136 Å². The molecule has 0 fully saturated rings. The second-order valence-electron chi connectivity index (χ2n) is 11.2. The Labute approximate surface area is 268 Å². The molecule has 0 spiro atoms. The van der Waals surface area contributed by atoms with E-state index in [0.29, 0.717) is 23.8 Å². The highest BCUT2D eigenvalue weighted by Gasteiger charge is 2.42. The molecule has 0 saturated heterocycles. The number of hydrogen-bond acceptors (Lipinski definition) is 4. The Kier molecular flexibility index (Phi) is 9.89. The third-order valence-corrected chi connectivity index (χ3v) is 7.35. The van der Waals surface area contributed by atoms with Crippen molar-refractivity contribution in [2.45, 2.75) is 43.8 Å². The molecular formula is C34H26F9NO4. The molecule has 0 heterocycles. The maximum absolute atomic E-state index is 15.4. The Morgan fingerprint density at radius 2 is 1.29 bits per heavy atom. The lowest BCUT2D eigenvalue weighted by atomic mass is 9.77. The standard InChI is InChI=1S/C34H26F9NO4/c1-31(2,30(46)47-3)48-24-15-22(14-23(35)17-24)32(18-19-7-5-4-6-8-19,21-10-12-28(37)26(16-21)34(41,42)43)44-29(45)20-9-11-27(36)25(13-20)33(38,39)40/h4-17H,18H2,1-3H3,(H,44,45)/t32-/m1/s1. The molecular weight excluding hydrogens is 657 g/mol. The summed E-state index contributed by atoms with van der Waals surface area (Å²) in [4.78, 5) is 26.1. The van der Waals surface area contributed by atoms with Crippen molar-refractivity contribution in [1.82, 2.24) is 5.32 Å². The zero-order valence-electron chi connectivity index (χ0n) is 25.3. The van der Waals surface area contributed by atoms with Gasteiger partial charge in [-0.15, -0.1) is 0 Å². The fourth-order valence-electron chi connectivity index (χ4n) is 5.07. The van der Waals surface area contributed by atoms with Crippen LogP contribution >= 0.6 is 0 Å². The predicted molar refractivity (Wildman–Crippen MR) is 154 cm³/mol. The summed E-state index contributed by atoms with van der Waals surface area (Å²) >= 11 is 0. The van der Waals surface area contributed by atoms with Crippen molar-refractivity contribution in [2.24, 2.45) is 0 Å². The number of rotatable bonds is 9. The molecule has 0 aliphatic rings. The SMILES string of the molecule is COC(=O)C(C)(C)Oc1cc(F)cc([C@](Cc2ccccc2)(NC(=O)c2ccc(F)c(C(F)(F)F)c2)c2ccc(F)c(C(F)(F)F)c2)c1. The number of halogens is 9. The van der Waals surface area contributed by atoms with Crippen molar-refractivity contribution in [1.29, 1.82) is 0 Å². The van der Waals surface area contributed by atoms with Crippen LogP contribution in [0.15, 0.2) is 84.9 Å². The zero-order valence-corrected chi connectivity index (χ0v) is 25.3. The molecule has 14 heteroatoms. The number of alkyl halides is 6. The first kappa shape index (κ1) is 35.8. The molecule has 48 heavy (non-hydrogen) atoms. The summed E-state index contributed by atoms with van der Waals surface area (Å²) in [7, 11) is 1.07. The minimum atomic E-state index is -5.25. The van der Waals surface area contributed by atoms with Crippen LogP contribution in [0.25, 0.3) is 0 Å². The normalized spacial score (nSPS) is 13.4. The van der Waals surface area contributed by atoms with E-state index in [1.54, 1.807) is 18.2 Å². The minimum Gasteiger partial charge on any atom is -0.476 e. The molecule has 0 radical (unpaired) electrons. The first-order valence-electron chi connectivity index (χ1n) is 14.0. The maximum Gasteiger partial charge on any atom is 0.419 e. The number of carbonyl (C=O) groups is 2. The molecule has 0 saturated carbocycles. The summed E-state index contributed by atoms with van der Waals surface area (Å²) in [6.45, 7) is 2.56. The highest BCUT2D eigenvalue weighted by atomic mass is 19.4. The van der Waals surface area contributed by atoms with Crippen LogP contribution in [0.3, 0.4) is 0 Å². The van der Waals surface area contributed by atoms with E-state index in [0.717, 1.165) is 37.4 Å². The Morgan fingerprint density at radius 3 is 1.88 bits per heavy atom. The molecule has 4 rings (SSSR count). The van der Waals surface area contributed by atoms with Crippen molar-refractivity contribution >= 4 is 11.9 Å². The first-order valence-corrected chi connectivity index (χ1v) is 14.0. The number of methoxy groups -OCH3 is 1. The molecule has 0 bridgehead atoms. The molecule has 1 atom stereocenters. The summed E-state index contributed by atoms with van der Waals surface area (Å²) in [5.74, 6) is -7.01. The van der Waals surface area contributed by atoms with Gasteiger partial charge in [-0.2, -0.15) is 26.3 Å². The van der Waals surface area contributed by atoms with Crippen LogP contribution in [0.4, 0.5) is 39.5 Å². The zero-order chi connectivity index (χ0) is 35.7. The van der Waals surface area contributed by atoms with Gasteiger partial charge in [0.1, 0.15) is 23.2 Å². The number of ether oxygens (including phenoxy) is 2. The lowest BCUT2D eigenvalue weighted by Gasteiger charge is -2.37. The fourth-order valence-corrected chi connectivity index (χ4v) is 5.07. The molecule has 0 aromatic heterocycles. The third kappa shape index (κ3) is 7.75. The quantitative estimate of drug-likeness (QED) is 0.142. The van der Waals surface area contributed by atoms with E-state index in [4.69, 9.17) is 9.47 Å². The molecule has 4 aromatic carbocycles. The Hall–Kier alpha value is -5.01. The smallest absolute Gasteiger partial charge is 0.419 e. The van der Waals surface area contributed by atoms with Crippen LogP contribution in [0.5, 0.6) is 5.75 Å². The first-order chi connectivity index (χ1) is 22.3. The summed E-state index contributed by atoms with van der Waals surface area (Å²) in [5.41, 5.74) is -8.78. The van der Waals surface area contributed by atoms with Crippen LogP contribution in [0, 0.1) is 17.5 Å². The monoisotopic (exact) mass is 683 g/mol. The number of hydrogen-bond donors (Lipinski definition) is 1. The van der Waals surface area contributed by atoms with Crippen molar-refractivity contribution in [3.8, 4) is 5.75 Å². The number of amides is 1. The Balaban J connectivity index is 2.05. The molecule has 0 unspecified atom stereocenters. The van der Waals surface area contributed by atoms with Gasteiger partial charge in [-0.05, 0) is 73.0 Å². The van der Waals surface area contributed by atoms with Crippen LogP contribution < -0.4 is 10.1 Å². The maximum atomic E-state index is 15.4. The van der Waals surface area contributed by atoms with Crippen LogP contribution in [-0.4, -0.2) is 24.6 Å². The van der Waals surface area contributed by atoms with E-state index in [-0.39, 0.29) is 17.4 Å². The summed E-state index contributed by atoms with van der Waals surface area (Å²) in [6, 6.07) is 13.5. The average Bonchev–Trinajstić information content (AvgIpc) is 2.99. The second kappa shape index (κ2) is 13.2. The Morgan fingerprint density at radius 1 is 0.708 bits per heavy atom. The van der Waals surface area contributed by atoms with Gasteiger partial charge < -0.3 is 14.8 Å². The van der Waals surface area contributed by atoms with Gasteiger partial charge in [-0.1, -0.05) is 36.4 Å². The van der Waals surface area contributed by atoms with E-state index < -0.39 is 81.5 Å². The lowest BCUT2D eigenvalue weighted by Crippen LogP contribution is -2.49. The van der Waals surface area contributed by atoms with Gasteiger partial charge in [-0.25, -0.2) is 18.0 Å². The lowest BCUT2D eigenvalue weighted by molar-refractivity contribution is -0.156. The van der Waals surface area contributed by atoms with Gasteiger partial charge in [0, 0.05) is 18.1 Å². The number of nitrogens with one attached hydrogen (secondary N) is 1. The van der Waals surface area contributed by atoms with Gasteiger partial charge in [0.05, 0.1) is 23.8 Å². The topological polar surface area (TPSA) is 64.6 Å². The molecule has 254 valence electrons. The number of carbonyl (C=O) groups excluding carboxylic acids is 2. The van der Waals surface area contributed by atoms with Gasteiger partial charge in [-0.3, -0.25) is 4.79 Å². The van der Waals surface area contributed by atoms with Gasteiger partial charge in [0.15, 0.2) is 5.60 Å². The summed E-state index contributed by atoms with van der Waals surface area (Å²) in [6.07, 6.45) is -10.9. The van der Waals surface area contributed by atoms with Crippen LogP contribution in [-0.2, 0) is 33.8 Å². The van der Waals surface area contributed by atoms with Crippen molar-refractivity contribution in [2.75, 3.05) is 7.11 Å². The van der Waals surface area contributed by atoms with E-state index in [9.17, 15) is 44.7 Å². The van der Waals surface area contributed by atoms with Crippen LogP contribution in [0.1, 0.15) is 52.0 Å². The average molecular weight is 684 g/mol. The summed E-state index contributed by atoms with van der Waals surface area (Å²) in [5, 5.41) is 2.44. The summed E-state index contributed by atoms with van der Waals surface area (Å²) < 4.78 is 137. The van der Waals surface area contributed by atoms with Gasteiger partial charge >= 0.3 is 18.3 Å². The molecule has 1 amide bonds. The fraction of sp³-hybridized carbons (Fsp3) is 0.235. The van der Waals surface area contributed by atoms with E-state index in [1.165, 1.54) is 26.0 Å². The number of esters is 1. The van der Waals surface area contributed by atoms with Crippen molar-refractivity contribution < 1.29 is 58.6 Å². The van der Waals surface area contributed by atoms with E-state index >= 15 is 4.39 Å². The molecule has 5 nitrogen and oxygen atoms in total. The van der Waals surface area contributed by atoms with E-state index in [2.05, 4.69) is 5.32 Å². The molecule has 0 aliphatic heterocycles. The largest absolute Gasteiger partial charge is 0.476 e. The molecule has 0 aliphatic carbocycles. The molecule has 1 N–H and O–H groups in total. The Bertz CT molecular complexity index is 1820. The van der Waals surface area contributed by atoms with Crippen molar-refractivity contribution in [3.63, 3.8) is 0 Å². The highest BCUT2D eigenvalue weighted by molar-refractivity contribution is 5.95. The van der Waals surface area contributed by atoms with E-state index in [1.807, 2.05) is 0 Å². The predicted octanol–water partition coefficient (Wildman–Crippen LogP) is 8.39. The minimum absolute atomic E-state index is 0.211. The third-order valence-electron chi connectivity index (χ3n) is 7.35. The van der Waals surface area contributed by atoms with Gasteiger partial charge in [0.2, 0.25) is 0 Å².